The first-order chi connectivity index (χ1) is 6.83. The van der Waals surface area contributed by atoms with Gasteiger partial charge in [0.25, 0.3) is 0 Å². The molecule has 0 aliphatic heterocycles. The van der Waals surface area contributed by atoms with Gasteiger partial charge in [-0.1, -0.05) is 18.6 Å². The molecule has 0 saturated heterocycles. The van der Waals surface area contributed by atoms with Gasteiger partial charge in [-0.2, -0.15) is 5.26 Å². The molecule has 1 rings (SSSR count). The van der Waals surface area contributed by atoms with Crippen LogP contribution in [0.5, 0.6) is 0 Å². The van der Waals surface area contributed by atoms with Crippen LogP contribution in [-0.4, -0.2) is 26.7 Å². The largest absolute Gasteiger partial charge is 0.396 e. The molecule has 0 unspecified atom stereocenters. The van der Waals surface area contributed by atoms with Crippen LogP contribution in [0.4, 0.5) is 0 Å². The molecule has 0 spiro atoms. The van der Waals surface area contributed by atoms with Crippen LogP contribution in [0.15, 0.2) is 0 Å². The third kappa shape index (κ3) is 2.30. The fraction of sp³-hybridized carbons (Fsp3) is 0.667. The molecule has 0 aliphatic carbocycles. The summed E-state index contributed by atoms with van der Waals surface area (Å²) in [5.41, 5.74) is 1.29. The summed E-state index contributed by atoms with van der Waals surface area (Å²) < 4.78 is 1.71. The van der Waals surface area contributed by atoms with Gasteiger partial charge in [-0.15, -0.1) is 5.10 Å². The van der Waals surface area contributed by atoms with Crippen molar-refractivity contribution in [3.05, 3.63) is 11.4 Å². The number of nitrogens with zero attached hydrogens (tertiary/aromatic N) is 4. The molecule has 1 aromatic heterocycles. The van der Waals surface area contributed by atoms with Crippen LogP contribution in [-0.2, 0) is 13.0 Å². The molecule has 1 N–H and O–H groups in total. The van der Waals surface area contributed by atoms with Gasteiger partial charge in [-0.05, 0) is 12.8 Å². The molecule has 0 amide bonds. The average Bonchev–Trinajstić information content (AvgIpc) is 2.58. The molecule has 0 saturated carbocycles. The minimum atomic E-state index is 0.132. The molecule has 76 valence electrons. The zero-order chi connectivity index (χ0) is 10.4. The van der Waals surface area contributed by atoms with Gasteiger partial charge < -0.3 is 5.11 Å². The SMILES string of the molecule is CCCc1c(C#N)nnn1CCCO. The minimum absolute atomic E-state index is 0.132. The fourth-order valence-electron chi connectivity index (χ4n) is 1.30. The molecule has 0 aromatic carbocycles. The van der Waals surface area contributed by atoms with Gasteiger partial charge in [0.1, 0.15) is 6.07 Å². The molecule has 0 radical (unpaired) electrons. The van der Waals surface area contributed by atoms with E-state index in [0.29, 0.717) is 18.7 Å². The van der Waals surface area contributed by atoms with Gasteiger partial charge in [0.05, 0.1) is 5.69 Å². The summed E-state index contributed by atoms with van der Waals surface area (Å²) in [5, 5.41) is 25.1. The highest BCUT2D eigenvalue weighted by Gasteiger charge is 2.10. The Labute approximate surface area is 83.0 Å². The highest BCUT2D eigenvalue weighted by atomic mass is 16.3. The number of nitriles is 1. The second kappa shape index (κ2) is 5.35. The van der Waals surface area contributed by atoms with Gasteiger partial charge in [-0.25, -0.2) is 4.68 Å². The van der Waals surface area contributed by atoms with Crippen molar-refractivity contribution in [2.24, 2.45) is 0 Å². The van der Waals surface area contributed by atoms with E-state index in [4.69, 9.17) is 10.4 Å². The summed E-state index contributed by atoms with van der Waals surface area (Å²) in [6, 6.07) is 2.02. The summed E-state index contributed by atoms with van der Waals surface area (Å²) in [7, 11) is 0. The van der Waals surface area contributed by atoms with E-state index in [1.807, 2.05) is 13.0 Å². The lowest BCUT2D eigenvalue weighted by Crippen LogP contribution is -2.07. The van der Waals surface area contributed by atoms with Crippen LogP contribution in [0, 0.1) is 11.3 Å². The van der Waals surface area contributed by atoms with E-state index in [1.165, 1.54) is 0 Å². The third-order valence-electron chi connectivity index (χ3n) is 1.96. The van der Waals surface area contributed by atoms with Crippen LogP contribution in [0.1, 0.15) is 31.2 Å². The van der Waals surface area contributed by atoms with E-state index in [2.05, 4.69) is 10.3 Å². The molecule has 0 bridgehead atoms. The standard InChI is InChI=1S/C9H14N4O/c1-2-4-9-8(7-10)11-12-13(9)5-3-6-14/h14H,2-6H2,1H3. The van der Waals surface area contributed by atoms with Crippen molar-refractivity contribution in [3.8, 4) is 6.07 Å². The minimum Gasteiger partial charge on any atom is -0.396 e. The van der Waals surface area contributed by atoms with E-state index >= 15 is 0 Å². The first-order valence-corrected chi connectivity index (χ1v) is 4.76. The van der Waals surface area contributed by atoms with Gasteiger partial charge >= 0.3 is 0 Å². The van der Waals surface area contributed by atoms with Crippen LogP contribution in [0.3, 0.4) is 0 Å². The Morgan fingerprint density at radius 2 is 2.36 bits per heavy atom. The highest BCUT2D eigenvalue weighted by molar-refractivity contribution is 5.24. The molecule has 0 fully saturated rings. The lowest BCUT2D eigenvalue weighted by atomic mass is 10.2. The first kappa shape index (κ1) is 10.7. The maximum atomic E-state index is 8.77. The molecule has 1 heterocycles. The van der Waals surface area contributed by atoms with Crippen molar-refractivity contribution in [1.29, 1.82) is 5.26 Å². The molecule has 1 aromatic rings. The van der Waals surface area contributed by atoms with E-state index in [0.717, 1.165) is 18.5 Å². The Kier molecular flexibility index (Phi) is 4.08. The lowest BCUT2D eigenvalue weighted by Gasteiger charge is -2.03. The Hall–Kier alpha value is -1.41. The Morgan fingerprint density at radius 1 is 1.57 bits per heavy atom. The highest BCUT2D eigenvalue weighted by Crippen LogP contribution is 2.07. The fourth-order valence-corrected chi connectivity index (χ4v) is 1.30. The molecule has 14 heavy (non-hydrogen) atoms. The first-order valence-electron chi connectivity index (χ1n) is 4.76. The topological polar surface area (TPSA) is 74.7 Å². The number of aliphatic hydroxyl groups excluding tert-OH is 1. The third-order valence-corrected chi connectivity index (χ3v) is 1.96. The van der Waals surface area contributed by atoms with Crippen molar-refractivity contribution in [3.63, 3.8) is 0 Å². The van der Waals surface area contributed by atoms with E-state index in [1.54, 1.807) is 4.68 Å². The number of rotatable bonds is 5. The van der Waals surface area contributed by atoms with Gasteiger partial charge in [0, 0.05) is 13.2 Å². The predicted octanol–water partition coefficient (Wildman–Crippen LogP) is 0.485. The molecular formula is C9H14N4O. The molecule has 0 aliphatic rings. The van der Waals surface area contributed by atoms with E-state index in [-0.39, 0.29) is 6.61 Å². The van der Waals surface area contributed by atoms with Crippen LogP contribution >= 0.6 is 0 Å². The van der Waals surface area contributed by atoms with Crippen molar-refractivity contribution in [1.82, 2.24) is 15.0 Å². The van der Waals surface area contributed by atoms with Crippen LogP contribution < -0.4 is 0 Å². The Morgan fingerprint density at radius 3 is 2.93 bits per heavy atom. The molecule has 5 heteroatoms. The van der Waals surface area contributed by atoms with E-state index < -0.39 is 0 Å². The van der Waals surface area contributed by atoms with Crippen molar-refractivity contribution in [2.75, 3.05) is 6.61 Å². The summed E-state index contributed by atoms with van der Waals surface area (Å²) in [6.07, 6.45) is 2.41. The number of aliphatic hydroxyl groups is 1. The maximum absolute atomic E-state index is 8.77. The summed E-state index contributed by atoms with van der Waals surface area (Å²) >= 11 is 0. The molecule has 5 nitrogen and oxygen atoms in total. The van der Waals surface area contributed by atoms with Gasteiger partial charge in [0.15, 0.2) is 5.69 Å². The summed E-state index contributed by atoms with van der Waals surface area (Å²) in [4.78, 5) is 0. The van der Waals surface area contributed by atoms with Crippen molar-refractivity contribution < 1.29 is 5.11 Å². The van der Waals surface area contributed by atoms with Gasteiger partial charge in [0.2, 0.25) is 0 Å². The van der Waals surface area contributed by atoms with Crippen molar-refractivity contribution in [2.45, 2.75) is 32.7 Å². The average molecular weight is 194 g/mol. The zero-order valence-corrected chi connectivity index (χ0v) is 8.27. The second-order valence-corrected chi connectivity index (χ2v) is 3.05. The summed E-state index contributed by atoms with van der Waals surface area (Å²) in [5.74, 6) is 0. The maximum Gasteiger partial charge on any atom is 0.185 e. The molecule has 0 atom stereocenters. The van der Waals surface area contributed by atoms with Crippen molar-refractivity contribution >= 4 is 0 Å². The number of aromatic nitrogens is 3. The van der Waals surface area contributed by atoms with Crippen LogP contribution in [0.25, 0.3) is 0 Å². The molecular weight excluding hydrogens is 180 g/mol. The number of aryl methyl sites for hydroxylation is 1. The zero-order valence-electron chi connectivity index (χ0n) is 8.27. The quantitative estimate of drug-likeness (QED) is 0.740. The van der Waals surface area contributed by atoms with Gasteiger partial charge in [-0.3, -0.25) is 0 Å². The second-order valence-electron chi connectivity index (χ2n) is 3.05. The van der Waals surface area contributed by atoms with E-state index in [9.17, 15) is 0 Å². The Balaban J connectivity index is 2.82. The monoisotopic (exact) mass is 194 g/mol. The lowest BCUT2D eigenvalue weighted by molar-refractivity contribution is 0.275. The number of hydrogen-bond acceptors (Lipinski definition) is 4. The summed E-state index contributed by atoms with van der Waals surface area (Å²) in [6.45, 7) is 2.80. The van der Waals surface area contributed by atoms with Crippen LogP contribution in [0.2, 0.25) is 0 Å². The number of hydrogen-bond donors (Lipinski definition) is 1. The predicted molar refractivity (Wildman–Crippen MR) is 50.4 cm³/mol. The Bertz CT molecular complexity index is 326. The smallest absolute Gasteiger partial charge is 0.185 e. The normalized spacial score (nSPS) is 10.1.